The van der Waals surface area contributed by atoms with Crippen molar-refractivity contribution in [3.05, 3.63) is 142 Å². The van der Waals surface area contributed by atoms with Gasteiger partial charge in [-0.3, -0.25) is 19.2 Å². The highest BCUT2D eigenvalue weighted by Gasteiger charge is 2.59. The highest BCUT2D eigenvalue weighted by Crippen LogP contribution is 2.61. The zero-order valence-electron chi connectivity index (χ0n) is 33.2. The number of aromatic amines is 2. The predicted octanol–water partition coefficient (Wildman–Crippen LogP) is 8.78. The van der Waals surface area contributed by atoms with Crippen LogP contribution in [-0.2, 0) is 35.3 Å². The van der Waals surface area contributed by atoms with Crippen molar-refractivity contribution in [2.45, 2.75) is 66.2 Å². The number of aromatic nitrogens is 4. The SMILES string of the molecule is CC(=O)Nc1cc(-c2[nH]c3c(c2Cc2ccccc2)C(=O)[C@@H]2C[C@]2(C)C3)ccn1.CC(=O)Nc1cc(-c2[nH]c3c(c2Cc2ccccc2)C(=O)[C@H]2C[C@@]2(C)C3)ccn1. The Balaban J connectivity index is 0.000000150. The number of nitrogens with one attached hydrogen (secondary N) is 4. The molecule has 0 aliphatic heterocycles. The summed E-state index contributed by atoms with van der Waals surface area (Å²) in [6.45, 7) is 7.34. The van der Waals surface area contributed by atoms with E-state index in [1.54, 1.807) is 12.4 Å². The Bertz CT molecular complexity index is 2450. The number of hydrogen-bond acceptors (Lipinski definition) is 6. The number of nitrogens with zero attached hydrogens (tertiary/aromatic N) is 2. The van der Waals surface area contributed by atoms with Crippen LogP contribution in [-0.4, -0.2) is 43.3 Å². The van der Waals surface area contributed by atoms with Crippen LogP contribution in [0.3, 0.4) is 0 Å². The molecule has 0 unspecified atom stereocenters. The molecule has 4 atom stereocenters. The van der Waals surface area contributed by atoms with Gasteiger partial charge < -0.3 is 20.6 Å². The molecule has 0 radical (unpaired) electrons. The molecule has 10 nitrogen and oxygen atoms in total. The third-order valence-corrected chi connectivity index (χ3v) is 12.5. The van der Waals surface area contributed by atoms with Gasteiger partial charge in [0.1, 0.15) is 11.6 Å². The van der Waals surface area contributed by atoms with Crippen LogP contribution in [0.4, 0.5) is 11.6 Å². The van der Waals surface area contributed by atoms with Crippen LogP contribution in [0.25, 0.3) is 22.5 Å². The van der Waals surface area contributed by atoms with Crippen LogP contribution in [0.2, 0.25) is 0 Å². The predicted molar refractivity (Wildman–Crippen MR) is 224 cm³/mol. The molecule has 58 heavy (non-hydrogen) atoms. The molecule has 10 rings (SSSR count). The maximum atomic E-state index is 13.2. The van der Waals surface area contributed by atoms with Crippen molar-refractivity contribution >= 4 is 35.0 Å². The summed E-state index contributed by atoms with van der Waals surface area (Å²) in [5.41, 5.74) is 12.2. The van der Waals surface area contributed by atoms with Gasteiger partial charge in [-0.05, 0) is 83.0 Å². The van der Waals surface area contributed by atoms with Crippen LogP contribution >= 0.6 is 0 Å². The van der Waals surface area contributed by atoms with Gasteiger partial charge in [0, 0.05) is 84.6 Å². The average molecular weight is 771 g/mol. The van der Waals surface area contributed by atoms with Gasteiger partial charge in [0.05, 0.1) is 11.4 Å². The highest BCUT2D eigenvalue weighted by molar-refractivity contribution is 6.06. The Kier molecular flexibility index (Phi) is 9.10. The number of fused-ring (bicyclic) bond motifs is 4. The number of anilines is 2. The molecule has 2 aromatic carbocycles. The molecular formula is C48H46N6O4. The zero-order chi connectivity index (χ0) is 40.3. The topological polar surface area (TPSA) is 150 Å². The van der Waals surface area contributed by atoms with Crippen molar-refractivity contribution < 1.29 is 19.2 Å². The molecule has 6 aromatic rings. The first-order chi connectivity index (χ1) is 27.9. The van der Waals surface area contributed by atoms with E-state index >= 15 is 0 Å². The number of carbonyl (C=O) groups excluding carboxylic acids is 4. The number of ketones is 2. The minimum absolute atomic E-state index is 0.107. The Labute approximate surface area is 337 Å². The van der Waals surface area contributed by atoms with Crippen LogP contribution in [0.5, 0.6) is 0 Å². The van der Waals surface area contributed by atoms with E-state index < -0.39 is 0 Å². The summed E-state index contributed by atoms with van der Waals surface area (Å²) >= 11 is 0. The molecule has 0 bridgehead atoms. The standard InChI is InChI=1S/2C24H23N3O2/c2*1-14(28)26-20-11-16(8-9-25-20)22-17(10-15-6-4-3-5-7-15)21-19(27-22)13-24(2)12-18(24)23(21)29/h2*3-9,11,18,27H,10,12-13H2,1-2H3,(H,25,26,28)/t2*18-,24+/m10/s1. The van der Waals surface area contributed by atoms with Crippen LogP contribution in [0.15, 0.2) is 97.3 Å². The fourth-order valence-electron chi connectivity index (χ4n) is 9.35. The summed E-state index contributed by atoms with van der Waals surface area (Å²) in [5.74, 6) is 1.56. The Morgan fingerprint density at radius 1 is 0.638 bits per heavy atom. The van der Waals surface area contributed by atoms with Crippen LogP contribution in [0.1, 0.15) is 94.9 Å². The molecule has 292 valence electrons. The fraction of sp³-hybridized carbons (Fsp3) is 0.292. The largest absolute Gasteiger partial charge is 0.358 e. The number of amides is 2. The van der Waals surface area contributed by atoms with E-state index in [9.17, 15) is 19.2 Å². The van der Waals surface area contributed by atoms with Gasteiger partial charge >= 0.3 is 0 Å². The van der Waals surface area contributed by atoms with E-state index in [1.165, 1.54) is 25.0 Å². The molecule has 0 saturated heterocycles. The molecule has 2 fully saturated rings. The minimum Gasteiger partial charge on any atom is -0.358 e. The van der Waals surface area contributed by atoms with Crippen molar-refractivity contribution in [1.82, 2.24) is 19.9 Å². The van der Waals surface area contributed by atoms with Gasteiger partial charge in [0.25, 0.3) is 0 Å². The second kappa shape index (κ2) is 14.2. The summed E-state index contributed by atoms with van der Waals surface area (Å²) in [5, 5.41) is 5.49. The van der Waals surface area contributed by atoms with Gasteiger partial charge in [0.2, 0.25) is 11.8 Å². The molecule has 2 amide bonds. The highest BCUT2D eigenvalue weighted by atomic mass is 16.2. The number of rotatable bonds is 8. The van der Waals surface area contributed by atoms with Crippen molar-refractivity contribution in [3.63, 3.8) is 0 Å². The summed E-state index contributed by atoms with van der Waals surface area (Å²) in [7, 11) is 0. The quantitative estimate of drug-likeness (QED) is 0.122. The number of benzene rings is 2. The van der Waals surface area contributed by atoms with Crippen molar-refractivity contribution in [2.75, 3.05) is 10.6 Å². The van der Waals surface area contributed by atoms with E-state index in [0.717, 1.165) is 81.8 Å². The second-order valence-corrected chi connectivity index (χ2v) is 17.1. The molecule has 4 aliphatic carbocycles. The van der Waals surface area contributed by atoms with Crippen LogP contribution < -0.4 is 10.6 Å². The Morgan fingerprint density at radius 3 is 1.41 bits per heavy atom. The maximum Gasteiger partial charge on any atom is 0.222 e. The smallest absolute Gasteiger partial charge is 0.222 e. The van der Waals surface area contributed by atoms with Crippen molar-refractivity contribution in [3.8, 4) is 22.5 Å². The van der Waals surface area contributed by atoms with Gasteiger partial charge in [-0.15, -0.1) is 0 Å². The first-order valence-electron chi connectivity index (χ1n) is 20.0. The molecule has 2 saturated carbocycles. The monoisotopic (exact) mass is 770 g/mol. The normalized spacial score (nSPS) is 22.0. The van der Waals surface area contributed by atoms with Crippen LogP contribution in [0, 0.1) is 22.7 Å². The first kappa shape index (κ1) is 37.2. The van der Waals surface area contributed by atoms with E-state index in [2.05, 4.69) is 68.7 Å². The molecule has 4 N–H and O–H groups in total. The number of carbonyl (C=O) groups is 4. The minimum atomic E-state index is -0.159. The van der Waals surface area contributed by atoms with Crippen molar-refractivity contribution in [2.24, 2.45) is 22.7 Å². The molecule has 0 spiro atoms. The molecule has 4 aromatic heterocycles. The van der Waals surface area contributed by atoms with Gasteiger partial charge in [-0.25, -0.2) is 9.97 Å². The van der Waals surface area contributed by atoms with E-state index in [-0.39, 0.29) is 46.0 Å². The molecule has 4 heterocycles. The number of hydrogen-bond donors (Lipinski definition) is 4. The third-order valence-electron chi connectivity index (χ3n) is 12.5. The third kappa shape index (κ3) is 6.97. The number of pyridine rings is 2. The Morgan fingerprint density at radius 2 is 1.03 bits per heavy atom. The molecule has 10 heteroatoms. The summed E-state index contributed by atoms with van der Waals surface area (Å²) in [6.07, 6.45) is 8.53. The average Bonchev–Trinajstić information content (AvgIpc) is 3.99. The number of Topliss-reactive ketones (excluding diaryl/α,β-unsaturated/α-hetero) is 2. The lowest BCUT2D eigenvalue weighted by atomic mass is 9.84. The van der Waals surface area contributed by atoms with Gasteiger partial charge in [-0.2, -0.15) is 0 Å². The summed E-state index contributed by atoms with van der Waals surface area (Å²) < 4.78 is 0. The lowest BCUT2D eigenvalue weighted by Crippen LogP contribution is -2.20. The van der Waals surface area contributed by atoms with Gasteiger partial charge in [0.15, 0.2) is 11.6 Å². The second-order valence-electron chi connectivity index (χ2n) is 17.1. The summed E-state index contributed by atoms with van der Waals surface area (Å²) in [6, 6.07) is 28.0. The van der Waals surface area contributed by atoms with Gasteiger partial charge in [-0.1, -0.05) is 74.5 Å². The molecule has 4 aliphatic rings. The van der Waals surface area contributed by atoms with E-state index in [0.29, 0.717) is 24.5 Å². The first-order valence-corrected chi connectivity index (χ1v) is 20.0. The van der Waals surface area contributed by atoms with Crippen molar-refractivity contribution in [1.29, 1.82) is 0 Å². The molecular weight excluding hydrogens is 725 g/mol. The number of H-pyrrole nitrogens is 2. The van der Waals surface area contributed by atoms with E-state index in [4.69, 9.17) is 0 Å². The fourth-order valence-corrected chi connectivity index (χ4v) is 9.35. The maximum absolute atomic E-state index is 13.2. The Hall–Kier alpha value is -6.42. The lowest BCUT2D eigenvalue weighted by molar-refractivity contribution is -0.115. The zero-order valence-corrected chi connectivity index (χ0v) is 33.2. The lowest BCUT2D eigenvalue weighted by Gasteiger charge is -2.17. The summed E-state index contributed by atoms with van der Waals surface area (Å²) in [4.78, 5) is 65.0. The van der Waals surface area contributed by atoms with E-state index in [1.807, 2.05) is 60.7 Å².